The zero-order valence-corrected chi connectivity index (χ0v) is 14.0. The fourth-order valence-corrected chi connectivity index (χ4v) is 2.73. The van der Waals surface area contributed by atoms with Crippen LogP contribution < -0.4 is 10.1 Å². The number of para-hydroxylation sites is 1. The molecular formula is C18H26N2O3. The first-order chi connectivity index (χ1) is 11.2. The molecule has 0 saturated carbocycles. The average molecular weight is 318 g/mol. The van der Waals surface area contributed by atoms with Gasteiger partial charge in [0.25, 0.3) is 0 Å². The molecule has 126 valence electrons. The topological polar surface area (TPSA) is 50.8 Å². The van der Waals surface area contributed by atoms with Gasteiger partial charge in [0, 0.05) is 19.6 Å². The second kappa shape index (κ2) is 8.58. The van der Waals surface area contributed by atoms with Crippen molar-refractivity contribution in [3.63, 3.8) is 0 Å². The SMILES string of the molecule is C=CCc1ccccc1OC1CN(CC)CC1OC(=O)NCC. The van der Waals surface area contributed by atoms with Gasteiger partial charge in [0.05, 0.1) is 0 Å². The van der Waals surface area contributed by atoms with Gasteiger partial charge in [0.1, 0.15) is 11.9 Å². The quantitative estimate of drug-likeness (QED) is 0.785. The predicted octanol–water partition coefficient (Wildman–Crippen LogP) is 2.61. The average Bonchev–Trinajstić information content (AvgIpc) is 2.91. The van der Waals surface area contributed by atoms with Crippen LogP contribution in [0.5, 0.6) is 5.75 Å². The molecule has 1 amide bonds. The summed E-state index contributed by atoms with van der Waals surface area (Å²) in [6.45, 7) is 10.7. The highest BCUT2D eigenvalue weighted by Gasteiger charge is 2.36. The predicted molar refractivity (Wildman–Crippen MR) is 90.8 cm³/mol. The molecule has 1 saturated heterocycles. The Morgan fingerprint density at radius 3 is 2.78 bits per heavy atom. The van der Waals surface area contributed by atoms with Crippen molar-refractivity contribution >= 4 is 6.09 Å². The molecule has 5 nitrogen and oxygen atoms in total. The van der Waals surface area contributed by atoms with Crippen molar-refractivity contribution in [3.8, 4) is 5.75 Å². The number of likely N-dealkylation sites (tertiary alicyclic amines) is 1. The smallest absolute Gasteiger partial charge is 0.407 e. The number of amides is 1. The lowest BCUT2D eigenvalue weighted by atomic mass is 10.1. The second-order valence-corrected chi connectivity index (χ2v) is 5.58. The van der Waals surface area contributed by atoms with E-state index in [-0.39, 0.29) is 18.3 Å². The number of carbonyl (C=O) groups is 1. The first-order valence-corrected chi connectivity index (χ1v) is 8.20. The van der Waals surface area contributed by atoms with Crippen LogP contribution >= 0.6 is 0 Å². The molecule has 0 radical (unpaired) electrons. The van der Waals surface area contributed by atoms with E-state index in [0.717, 1.165) is 30.8 Å². The Kier molecular flexibility index (Phi) is 6.47. The van der Waals surface area contributed by atoms with Gasteiger partial charge in [-0.25, -0.2) is 4.79 Å². The molecule has 1 fully saturated rings. The Morgan fingerprint density at radius 1 is 1.35 bits per heavy atom. The summed E-state index contributed by atoms with van der Waals surface area (Å²) in [6.07, 6.45) is 1.80. The van der Waals surface area contributed by atoms with Gasteiger partial charge < -0.3 is 14.8 Å². The molecule has 2 unspecified atom stereocenters. The molecule has 1 aromatic carbocycles. The van der Waals surface area contributed by atoms with E-state index in [1.807, 2.05) is 37.3 Å². The molecular weight excluding hydrogens is 292 g/mol. The summed E-state index contributed by atoms with van der Waals surface area (Å²) >= 11 is 0. The fraction of sp³-hybridized carbons (Fsp3) is 0.500. The molecule has 0 aromatic heterocycles. The monoisotopic (exact) mass is 318 g/mol. The second-order valence-electron chi connectivity index (χ2n) is 5.58. The number of hydrogen-bond donors (Lipinski definition) is 1. The lowest BCUT2D eigenvalue weighted by Crippen LogP contribution is -2.38. The van der Waals surface area contributed by atoms with Gasteiger partial charge in [-0.3, -0.25) is 4.90 Å². The van der Waals surface area contributed by atoms with Crippen LogP contribution in [-0.4, -0.2) is 49.4 Å². The van der Waals surface area contributed by atoms with E-state index in [9.17, 15) is 4.79 Å². The summed E-state index contributed by atoms with van der Waals surface area (Å²) in [5.74, 6) is 0.833. The molecule has 2 atom stereocenters. The summed E-state index contributed by atoms with van der Waals surface area (Å²) in [6, 6.07) is 7.93. The van der Waals surface area contributed by atoms with Crippen LogP contribution in [0.2, 0.25) is 0 Å². The maximum absolute atomic E-state index is 11.7. The van der Waals surface area contributed by atoms with Gasteiger partial charge >= 0.3 is 6.09 Å². The minimum Gasteiger partial charge on any atom is -0.485 e. The van der Waals surface area contributed by atoms with E-state index < -0.39 is 0 Å². The van der Waals surface area contributed by atoms with Gasteiger partial charge in [-0.05, 0) is 31.5 Å². The maximum Gasteiger partial charge on any atom is 0.407 e. The van der Waals surface area contributed by atoms with Crippen molar-refractivity contribution in [2.24, 2.45) is 0 Å². The molecule has 23 heavy (non-hydrogen) atoms. The largest absolute Gasteiger partial charge is 0.485 e. The molecule has 1 heterocycles. The lowest BCUT2D eigenvalue weighted by Gasteiger charge is -2.22. The standard InChI is InChI=1S/C18H26N2O3/c1-4-9-14-10-7-8-11-15(14)22-16-12-20(6-3)13-17(16)23-18(21)19-5-2/h4,7-8,10-11,16-17H,1,5-6,9,12-13H2,2-3H3,(H,19,21). The first-order valence-electron chi connectivity index (χ1n) is 8.20. The normalized spacial score (nSPS) is 21.0. The molecule has 0 aliphatic carbocycles. The Hall–Kier alpha value is -2.01. The first kappa shape index (κ1) is 17.3. The van der Waals surface area contributed by atoms with Crippen LogP contribution in [0, 0.1) is 0 Å². The summed E-state index contributed by atoms with van der Waals surface area (Å²) in [7, 11) is 0. The molecule has 1 aliphatic heterocycles. The molecule has 1 N–H and O–H groups in total. The Balaban J connectivity index is 2.08. The molecule has 2 rings (SSSR count). The van der Waals surface area contributed by atoms with Crippen molar-refractivity contribution in [1.82, 2.24) is 10.2 Å². The van der Waals surface area contributed by atoms with Gasteiger partial charge in [0.2, 0.25) is 0 Å². The highest BCUT2D eigenvalue weighted by Crippen LogP contribution is 2.24. The molecule has 0 spiro atoms. The number of alkyl carbamates (subject to hydrolysis) is 1. The van der Waals surface area contributed by atoms with Crippen molar-refractivity contribution in [3.05, 3.63) is 42.5 Å². The Labute approximate surface area is 138 Å². The van der Waals surface area contributed by atoms with Crippen LogP contribution in [-0.2, 0) is 11.2 Å². The van der Waals surface area contributed by atoms with Crippen LogP contribution in [0.3, 0.4) is 0 Å². The summed E-state index contributed by atoms with van der Waals surface area (Å²) in [4.78, 5) is 14.0. The molecule has 1 aliphatic rings. The van der Waals surface area contributed by atoms with Gasteiger partial charge in [0.15, 0.2) is 6.10 Å². The van der Waals surface area contributed by atoms with Crippen molar-refractivity contribution in [2.45, 2.75) is 32.5 Å². The molecule has 1 aromatic rings. The van der Waals surface area contributed by atoms with Crippen LogP contribution in [0.15, 0.2) is 36.9 Å². The van der Waals surface area contributed by atoms with Gasteiger partial charge in [-0.1, -0.05) is 31.2 Å². The maximum atomic E-state index is 11.7. The number of hydrogen-bond acceptors (Lipinski definition) is 4. The number of ether oxygens (including phenoxy) is 2. The zero-order valence-electron chi connectivity index (χ0n) is 14.0. The van der Waals surface area contributed by atoms with E-state index >= 15 is 0 Å². The minimum atomic E-state index is -0.386. The number of carbonyl (C=O) groups excluding carboxylic acids is 1. The number of benzene rings is 1. The van der Waals surface area contributed by atoms with Crippen LogP contribution in [0.25, 0.3) is 0 Å². The number of nitrogens with one attached hydrogen (secondary N) is 1. The summed E-state index contributed by atoms with van der Waals surface area (Å²) < 4.78 is 11.7. The van der Waals surface area contributed by atoms with Crippen LogP contribution in [0.4, 0.5) is 4.79 Å². The number of allylic oxidation sites excluding steroid dienone is 1. The van der Waals surface area contributed by atoms with E-state index in [4.69, 9.17) is 9.47 Å². The van der Waals surface area contributed by atoms with Crippen molar-refractivity contribution < 1.29 is 14.3 Å². The van der Waals surface area contributed by atoms with Crippen molar-refractivity contribution in [2.75, 3.05) is 26.2 Å². The van der Waals surface area contributed by atoms with E-state index in [1.54, 1.807) is 0 Å². The summed E-state index contributed by atoms with van der Waals surface area (Å²) in [5, 5.41) is 2.67. The summed E-state index contributed by atoms with van der Waals surface area (Å²) in [5.41, 5.74) is 1.09. The van der Waals surface area contributed by atoms with Crippen LogP contribution in [0.1, 0.15) is 19.4 Å². The van der Waals surface area contributed by atoms with E-state index in [2.05, 4.69) is 23.7 Å². The minimum absolute atomic E-state index is 0.163. The van der Waals surface area contributed by atoms with E-state index in [0.29, 0.717) is 13.1 Å². The van der Waals surface area contributed by atoms with E-state index in [1.165, 1.54) is 0 Å². The Bertz CT molecular complexity index is 533. The molecule has 5 heteroatoms. The highest BCUT2D eigenvalue weighted by molar-refractivity contribution is 5.67. The molecule has 0 bridgehead atoms. The zero-order chi connectivity index (χ0) is 16.7. The number of likely N-dealkylation sites (N-methyl/N-ethyl adjacent to an activating group) is 1. The van der Waals surface area contributed by atoms with Crippen molar-refractivity contribution in [1.29, 1.82) is 0 Å². The van der Waals surface area contributed by atoms with Gasteiger partial charge in [-0.2, -0.15) is 0 Å². The lowest BCUT2D eigenvalue weighted by molar-refractivity contribution is 0.0444. The Morgan fingerprint density at radius 2 is 2.09 bits per heavy atom. The highest BCUT2D eigenvalue weighted by atomic mass is 16.6. The number of nitrogens with zero attached hydrogens (tertiary/aromatic N) is 1. The third-order valence-electron chi connectivity index (χ3n) is 3.93. The van der Waals surface area contributed by atoms with Gasteiger partial charge in [-0.15, -0.1) is 6.58 Å². The number of rotatable bonds is 7. The fourth-order valence-electron chi connectivity index (χ4n) is 2.73. The third kappa shape index (κ3) is 4.73. The third-order valence-corrected chi connectivity index (χ3v) is 3.93.